The molecule has 88 valence electrons. The van der Waals surface area contributed by atoms with Gasteiger partial charge in [-0.2, -0.15) is 0 Å². The fourth-order valence-electron chi connectivity index (χ4n) is 2.34. The number of nitrogen functional groups attached to an aromatic ring is 1. The predicted molar refractivity (Wildman–Crippen MR) is 69.2 cm³/mol. The van der Waals surface area contributed by atoms with Crippen molar-refractivity contribution in [2.45, 2.75) is 12.3 Å². The Morgan fingerprint density at radius 2 is 2.24 bits per heavy atom. The molecule has 0 radical (unpaired) electrons. The molecule has 1 aromatic heterocycles. The van der Waals surface area contributed by atoms with Crippen molar-refractivity contribution in [2.75, 3.05) is 18.8 Å². The number of nitrogens with two attached hydrogens (primary N) is 1. The van der Waals surface area contributed by atoms with Gasteiger partial charge in [0.25, 0.3) is 0 Å². The molecule has 17 heavy (non-hydrogen) atoms. The van der Waals surface area contributed by atoms with E-state index >= 15 is 0 Å². The van der Waals surface area contributed by atoms with Crippen LogP contribution in [0.25, 0.3) is 10.9 Å². The normalized spacial score (nSPS) is 19.9. The first kappa shape index (κ1) is 10.7. The van der Waals surface area contributed by atoms with E-state index in [0.717, 1.165) is 36.1 Å². The summed E-state index contributed by atoms with van der Waals surface area (Å²) in [7, 11) is 0. The molecular weight excluding hydrogens is 236 g/mol. The van der Waals surface area contributed by atoms with Gasteiger partial charge in [-0.05, 0) is 31.2 Å². The van der Waals surface area contributed by atoms with Crippen LogP contribution in [0.2, 0.25) is 5.02 Å². The zero-order valence-corrected chi connectivity index (χ0v) is 10.0. The Kier molecular flexibility index (Phi) is 2.61. The molecule has 2 heterocycles. The smallest absolute Gasteiger partial charge is 0.220 e. The lowest BCUT2D eigenvalue weighted by Crippen LogP contribution is -2.10. The molecule has 0 aliphatic carbocycles. The summed E-state index contributed by atoms with van der Waals surface area (Å²) in [6.45, 7) is 1.97. The van der Waals surface area contributed by atoms with E-state index in [1.165, 1.54) is 0 Å². The van der Waals surface area contributed by atoms with E-state index in [4.69, 9.17) is 17.3 Å². The second-order valence-electron chi connectivity index (χ2n) is 4.32. The van der Waals surface area contributed by atoms with Crippen LogP contribution in [0.3, 0.4) is 0 Å². The van der Waals surface area contributed by atoms with Gasteiger partial charge in [0.2, 0.25) is 5.95 Å². The van der Waals surface area contributed by atoms with Gasteiger partial charge in [-0.25, -0.2) is 9.97 Å². The molecular formula is C12H13ClN4. The number of benzene rings is 1. The van der Waals surface area contributed by atoms with Crippen molar-refractivity contribution in [3.05, 3.63) is 28.9 Å². The number of hydrogen-bond acceptors (Lipinski definition) is 4. The van der Waals surface area contributed by atoms with Gasteiger partial charge in [-0.15, -0.1) is 0 Å². The van der Waals surface area contributed by atoms with Crippen LogP contribution < -0.4 is 11.1 Å². The molecule has 0 saturated carbocycles. The van der Waals surface area contributed by atoms with Gasteiger partial charge in [0.1, 0.15) is 0 Å². The van der Waals surface area contributed by atoms with Crippen LogP contribution in [0, 0.1) is 0 Å². The zero-order valence-electron chi connectivity index (χ0n) is 9.28. The highest BCUT2D eigenvalue weighted by Gasteiger charge is 2.21. The summed E-state index contributed by atoms with van der Waals surface area (Å²) in [4.78, 5) is 8.63. The fourth-order valence-corrected chi connectivity index (χ4v) is 2.51. The molecule has 5 heteroatoms. The SMILES string of the molecule is Nc1nc(C2CCNC2)c2cc(Cl)ccc2n1. The summed E-state index contributed by atoms with van der Waals surface area (Å²) in [6.07, 6.45) is 1.08. The van der Waals surface area contributed by atoms with Gasteiger partial charge in [0.15, 0.2) is 0 Å². The van der Waals surface area contributed by atoms with Crippen LogP contribution in [0.1, 0.15) is 18.0 Å². The van der Waals surface area contributed by atoms with Crippen LogP contribution in [-0.2, 0) is 0 Å². The quantitative estimate of drug-likeness (QED) is 0.810. The number of nitrogens with one attached hydrogen (secondary N) is 1. The Hall–Kier alpha value is -1.39. The van der Waals surface area contributed by atoms with Gasteiger partial charge in [-0.1, -0.05) is 11.6 Å². The molecule has 1 aromatic carbocycles. The monoisotopic (exact) mass is 248 g/mol. The summed E-state index contributed by atoms with van der Waals surface area (Å²) >= 11 is 6.03. The Balaban J connectivity index is 2.23. The number of fused-ring (bicyclic) bond motifs is 1. The Bertz CT molecular complexity index is 564. The highest BCUT2D eigenvalue weighted by molar-refractivity contribution is 6.31. The third-order valence-corrected chi connectivity index (χ3v) is 3.39. The van der Waals surface area contributed by atoms with Crippen molar-refractivity contribution in [3.8, 4) is 0 Å². The summed E-state index contributed by atoms with van der Waals surface area (Å²) in [5.74, 6) is 0.739. The Morgan fingerprint density at radius 1 is 1.35 bits per heavy atom. The number of hydrogen-bond donors (Lipinski definition) is 2. The van der Waals surface area contributed by atoms with Gasteiger partial charge in [0.05, 0.1) is 11.2 Å². The van der Waals surface area contributed by atoms with Gasteiger partial charge >= 0.3 is 0 Å². The van der Waals surface area contributed by atoms with Crippen LogP contribution in [0.4, 0.5) is 5.95 Å². The molecule has 0 spiro atoms. The lowest BCUT2D eigenvalue weighted by Gasteiger charge is -2.11. The van der Waals surface area contributed by atoms with Gasteiger partial charge in [-0.3, -0.25) is 0 Å². The molecule has 2 aromatic rings. The molecule has 4 nitrogen and oxygen atoms in total. The summed E-state index contributed by atoms with van der Waals surface area (Å²) in [5.41, 5.74) is 7.63. The minimum atomic E-state index is 0.335. The van der Waals surface area contributed by atoms with E-state index in [9.17, 15) is 0 Å². The molecule has 1 unspecified atom stereocenters. The summed E-state index contributed by atoms with van der Waals surface area (Å²) in [6, 6.07) is 5.64. The molecule has 1 aliphatic heterocycles. The number of halogens is 1. The maximum Gasteiger partial charge on any atom is 0.220 e. The second kappa shape index (κ2) is 4.13. The average molecular weight is 249 g/mol. The van der Waals surface area contributed by atoms with E-state index in [1.807, 2.05) is 18.2 Å². The van der Waals surface area contributed by atoms with Crippen molar-refractivity contribution in [3.63, 3.8) is 0 Å². The molecule has 3 rings (SSSR count). The topological polar surface area (TPSA) is 63.8 Å². The lowest BCUT2D eigenvalue weighted by atomic mass is 10.0. The molecule has 0 bridgehead atoms. The number of nitrogens with zero attached hydrogens (tertiary/aromatic N) is 2. The molecule has 3 N–H and O–H groups in total. The summed E-state index contributed by atoms with van der Waals surface area (Å²) < 4.78 is 0. The number of aromatic nitrogens is 2. The van der Waals surface area contributed by atoms with Crippen molar-refractivity contribution in [1.29, 1.82) is 0 Å². The summed E-state index contributed by atoms with van der Waals surface area (Å²) in [5, 5.41) is 5.06. The highest BCUT2D eigenvalue weighted by Crippen LogP contribution is 2.29. The maximum atomic E-state index is 6.03. The molecule has 1 saturated heterocycles. The molecule has 0 amide bonds. The Morgan fingerprint density at radius 3 is 3.00 bits per heavy atom. The van der Waals surface area contributed by atoms with Gasteiger partial charge in [0, 0.05) is 22.9 Å². The van der Waals surface area contributed by atoms with E-state index in [-0.39, 0.29) is 0 Å². The van der Waals surface area contributed by atoms with Crippen molar-refractivity contribution in [2.24, 2.45) is 0 Å². The highest BCUT2D eigenvalue weighted by atomic mass is 35.5. The zero-order chi connectivity index (χ0) is 11.8. The van der Waals surface area contributed by atoms with Crippen molar-refractivity contribution < 1.29 is 0 Å². The van der Waals surface area contributed by atoms with Crippen molar-refractivity contribution in [1.82, 2.24) is 15.3 Å². The van der Waals surface area contributed by atoms with E-state index < -0.39 is 0 Å². The first-order chi connectivity index (χ1) is 8.24. The average Bonchev–Trinajstić information content (AvgIpc) is 2.82. The van der Waals surface area contributed by atoms with Crippen LogP contribution >= 0.6 is 11.6 Å². The van der Waals surface area contributed by atoms with Gasteiger partial charge < -0.3 is 11.1 Å². The minimum Gasteiger partial charge on any atom is -0.368 e. The van der Waals surface area contributed by atoms with Crippen LogP contribution in [-0.4, -0.2) is 23.1 Å². The molecule has 1 fully saturated rings. The van der Waals surface area contributed by atoms with Crippen molar-refractivity contribution >= 4 is 28.5 Å². The van der Waals surface area contributed by atoms with E-state index in [1.54, 1.807) is 0 Å². The number of rotatable bonds is 1. The van der Waals surface area contributed by atoms with E-state index in [2.05, 4.69) is 15.3 Å². The Labute approximate surface area is 104 Å². The molecule has 1 aliphatic rings. The second-order valence-corrected chi connectivity index (χ2v) is 4.75. The lowest BCUT2D eigenvalue weighted by molar-refractivity contribution is 0.742. The largest absolute Gasteiger partial charge is 0.368 e. The minimum absolute atomic E-state index is 0.335. The van der Waals surface area contributed by atoms with Crippen LogP contribution in [0.15, 0.2) is 18.2 Å². The molecule has 1 atom stereocenters. The van der Waals surface area contributed by atoms with Crippen LogP contribution in [0.5, 0.6) is 0 Å². The first-order valence-corrected chi connectivity index (χ1v) is 6.05. The predicted octanol–water partition coefficient (Wildman–Crippen LogP) is 1.94. The fraction of sp³-hybridized carbons (Fsp3) is 0.333. The third kappa shape index (κ3) is 1.94. The third-order valence-electron chi connectivity index (χ3n) is 3.15. The standard InChI is InChI=1S/C12H13ClN4/c13-8-1-2-10-9(5-8)11(17-12(14)16-10)7-3-4-15-6-7/h1-2,5,7,15H,3-4,6H2,(H2,14,16,17). The first-order valence-electron chi connectivity index (χ1n) is 5.67. The number of anilines is 1. The van der Waals surface area contributed by atoms with E-state index in [0.29, 0.717) is 16.9 Å². The maximum absolute atomic E-state index is 6.03.